The average Bonchev–Trinajstić information content (AvgIpc) is 2.38. The Morgan fingerprint density at radius 1 is 1.33 bits per heavy atom. The molecule has 1 aromatic carbocycles. The summed E-state index contributed by atoms with van der Waals surface area (Å²) >= 11 is 3.47. The first-order valence-electron chi connectivity index (χ1n) is 6.49. The molecule has 18 heavy (non-hydrogen) atoms. The standard InChI is InChI=1S/C16H22BrN/c1-12(2)13(3)9-16(4,11-18)15-7-5-6-14(8-15)10-17/h5-8,12-13H,9-10H2,1-4H3. The summed E-state index contributed by atoms with van der Waals surface area (Å²) in [4.78, 5) is 0. The van der Waals surface area contributed by atoms with Crippen LogP contribution < -0.4 is 0 Å². The van der Waals surface area contributed by atoms with Crippen molar-refractivity contribution in [2.24, 2.45) is 11.8 Å². The third-order valence-electron chi connectivity index (χ3n) is 3.83. The Balaban J connectivity index is 3.03. The number of hydrogen-bond donors (Lipinski definition) is 0. The van der Waals surface area contributed by atoms with Gasteiger partial charge in [0.15, 0.2) is 0 Å². The van der Waals surface area contributed by atoms with Crippen molar-refractivity contribution in [3.63, 3.8) is 0 Å². The molecule has 1 rings (SSSR count). The van der Waals surface area contributed by atoms with E-state index in [4.69, 9.17) is 0 Å². The van der Waals surface area contributed by atoms with E-state index in [2.05, 4.69) is 67.9 Å². The van der Waals surface area contributed by atoms with Crippen LogP contribution in [0, 0.1) is 23.2 Å². The second-order valence-electron chi connectivity index (χ2n) is 5.70. The van der Waals surface area contributed by atoms with Gasteiger partial charge in [-0.05, 0) is 36.3 Å². The molecule has 0 N–H and O–H groups in total. The normalized spacial score (nSPS) is 16.1. The highest BCUT2D eigenvalue weighted by molar-refractivity contribution is 9.08. The Bertz CT molecular complexity index is 433. The number of rotatable bonds is 5. The first kappa shape index (κ1) is 15.2. The van der Waals surface area contributed by atoms with Crippen molar-refractivity contribution in [1.29, 1.82) is 5.26 Å². The predicted molar refractivity (Wildman–Crippen MR) is 80.7 cm³/mol. The average molecular weight is 308 g/mol. The third kappa shape index (κ3) is 3.59. The quantitative estimate of drug-likeness (QED) is 0.699. The molecule has 0 saturated heterocycles. The van der Waals surface area contributed by atoms with Gasteiger partial charge in [-0.25, -0.2) is 0 Å². The molecule has 0 spiro atoms. The van der Waals surface area contributed by atoms with E-state index < -0.39 is 0 Å². The monoisotopic (exact) mass is 307 g/mol. The summed E-state index contributed by atoms with van der Waals surface area (Å²) in [6.45, 7) is 8.72. The highest BCUT2D eigenvalue weighted by Gasteiger charge is 2.29. The molecule has 2 heteroatoms. The molecule has 2 unspecified atom stereocenters. The fourth-order valence-corrected chi connectivity index (χ4v) is 2.45. The van der Waals surface area contributed by atoms with Gasteiger partial charge in [0.2, 0.25) is 0 Å². The van der Waals surface area contributed by atoms with E-state index in [1.807, 2.05) is 6.07 Å². The lowest BCUT2D eigenvalue weighted by Gasteiger charge is -2.28. The van der Waals surface area contributed by atoms with Crippen LogP contribution in [0.2, 0.25) is 0 Å². The first-order valence-corrected chi connectivity index (χ1v) is 7.61. The molecule has 1 aromatic rings. The van der Waals surface area contributed by atoms with Gasteiger partial charge in [0.25, 0.3) is 0 Å². The summed E-state index contributed by atoms with van der Waals surface area (Å²) in [5, 5.41) is 10.4. The van der Waals surface area contributed by atoms with Crippen molar-refractivity contribution in [2.45, 2.75) is 44.9 Å². The summed E-state index contributed by atoms with van der Waals surface area (Å²) in [5.74, 6) is 1.15. The van der Waals surface area contributed by atoms with Gasteiger partial charge < -0.3 is 0 Å². The maximum Gasteiger partial charge on any atom is 0.0797 e. The van der Waals surface area contributed by atoms with Gasteiger partial charge in [-0.1, -0.05) is 61.0 Å². The van der Waals surface area contributed by atoms with Crippen LogP contribution in [0.25, 0.3) is 0 Å². The molecule has 98 valence electrons. The van der Waals surface area contributed by atoms with Gasteiger partial charge >= 0.3 is 0 Å². The third-order valence-corrected chi connectivity index (χ3v) is 4.48. The fourth-order valence-electron chi connectivity index (χ4n) is 2.11. The molecule has 0 aromatic heterocycles. The van der Waals surface area contributed by atoms with Gasteiger partial charge in [0.1, 0.15) is 0 Å². The summed E-state index contributed by atoms with van der Waals surface area (Å²) in [7, 11) is 0. The van der Waals surface area contributed by atoms with E-state index in [1.54, 1.807) is 0 Å². The van der Waals surface area contributed by atoms with E-state index in [0.29, 0.717) is 11.8 Å². The van der Waals surface area contributed by atoms with Crippen LogP contribution in [0.3, 0.4) is 0 Å². The van der Waals surface area contributed by atoms with E-state index in [1.165, 1.54) is 5.56 Å². The Hall–Kier alpha value is -0.810. The van der Waals surface area contributed by atoms with Crippen LogP contribution in [-0.4, -0.2) is 0 Å². The maximum atomic E-state index is 9.57. The van der Waals surface area contributed by atoms with Crippen LogP contribution in [0.5, 0.6) is 0 Å². The van der Waals surface area contributed by atoms with E-state index in [-0.39, 0.29) is 5.41 Å². The number of nitriles is 1. The molecule has 0 bridgehead atoms. The van der Waals surface area contributed by atoms with Gasteiger partial charge in [-0.3, -0.25) is 0 Å². The molecule has 0 saturated carbocycles. The zero-order valence-electron chi connectivity index (χ0n) is 11.7. The molecule has 0 radical (unpaired) electrons. The Kier molecular flexibility index (Phi) is 5.41. The zero-order valence-corrected chi connectivity index (χ0v) is 13.3. The number of halogens is 1. The van der Waals surface area contributed by atoms with Crippen LogP contribution in [0.1, 0.15) is 45.2 Å². The molecule has 2 atom stereocenters. The van der Waals surface area contributed by atoms with Crippen LogP contribution in [-0.2, 0) is 10.7 Å². The summed E-state index contributed by atoms with van der Waals surface area (Å²) in [6, 6.07) is 10.9. The summed E-state index contributed by atoms with van der Waals surface area (Å²) in [6.07, 6.45) is 0.910. The van der Waals surface area contributed by atoms with Crippen molar-refractivity contribution >= 4 is 15.9 Å². The van der Waals surface area contributed by atoms with E-state index in [0.717, 1.165) is 17.3 Å². The number of alkyl halides is 1. The smallest absolute Gasteiger partial charge is 0.0797 e. The molecule has 1 nitrogen and oxygen atoms in total. The van der Waals surface area contributed by atoms with E-state index >= 15 is 0 Å². The molecule has 0 aliphatic rings. The van der Waals surface area contributed by atoms with Crippen LogP contribution >= 0.6 is 15.9 Å². The Morgan fingerprint density at radius 2 is 2.00 bits per heavy atom. The predicted octanol–water partition coefficient (Wildman–Crippen LogP) is 5.04. The zero-order chi connectivity index (χ0) is 13.8. The lowest BCUT2D eigenvalue weighted by atomic mass is 9.74. The van der Waals surface area contributed by atoms with Crippen LogP contribution in [0.4, 0.5) is 0 Å². The molecule has 0 heterocycles. The van der Waals surface area contributed by atoms with Gasteiger partial charge in [0.05, 0.1) is 11.5 Å². The Labute approximate surface area is 119 Å². The van der Waals surface area contributed by atoms with E-state index in [9.17, 15) is 5.26 Å². The highest BCUT2D eigenvalue weighted by atomic mass is 79.9. The lowest BCUT2D eigenvalue weighted by Crippen LogP contribution is -2.24. The molecule has 0 fully saturated rings. The minimum absolute atomic E-state index is 0.387. The minimum Gasteiger partial charge on any atom is -0.197 e. The molecular weight excluding hydrogens is 286 g/mol. The molecule has 0 aliphatic carbocycles. The second kappa shape index (κ2) is 6.38. The van der Waals surface area contributed by atoms with Gasteiger partial charge in [-0.2, -0.15) is 5.26 Å². The molecule has 0 amide bonds. The van der Waals surface area contributed by atoms with Crippen molar-refractivity contribution in [3.05, 3.63) is 35.4 Å². The summed E-state index contributed by atoms with van der Waals surface area (Å²) in [5.41, 5.74) is 1.97. The largest absolute Gasteiger partial charge is 0.197 e. The number of hydrogen-bond acceptors (Lipinski definition) is 1. The minimum atomic E-state index is -0.387. The topological polar surface area (TPSA) is 23.8 Å². The van der Waals surface area contributed by atoms with Crippen molar-refractivity contribution in [3.8, 4) is 6.07 Å². The first-order chi connectivity index (χ1) is 8.42. The van der Waals surface area contributed by atoms with Crippen LogP contribution in [0.15, 0.2) is 24.3 Å². The highest BCUT2D eigenvalue weighted by Crippen LogP contribution is 2.33. The van der Waals surface area contributed by atoms with Crippen molar-refractivity contribution in [2.75, 3.05) is 0 Å². The number of nitrogens with zero attached hydrogens (tertiary/aromatic N) is 1. The van der Waals surface area contributed by atoms with Crippen molar-refractivity contribution in [1.82, 2.24) is 0 Å². The maximum absolute atomic E-state index is 9.57. The van der Waals surface area contributed by atoms with Crippen molar-refractivity contribution < 1.29 is 0 Å². The lowest BCUT2D eigenvalue weighted by molar-refractivity contribution is 0.335. The summed E-state index contributed by atoms with van der Waals surface area (Å²) < 4.78 is 0. The fraction of sp³-hybridized carbons (Fsp3) is 0.562. The second-order valence-corrected chi connectivity index (χ2v) is 6.26. The Morgan fingerprint density at radius 3 is 2.50 bits per heavy atom. The SMILES string of the molecule is CC(C)C(C)CC(C)(C#N)c1cccc(CBr)c1. The molecular formula is C16H22BrN. The van der Waals surface area contributed by atoms with Gasteiger partial charge in [-0.15, -0.1) is 0 Å². The number of benzene rings is 1. The molecule has 0 aliphatic heterocycles. The van der Waals surface area contributed by atoms with Gasteiger partial charge in [0, 0.05) is 5.33 Å².